The highest BCUT2D eigenvalue weighted by Gasteiger charge is 2.34. The first-order valence-electron chi connectivity index (χ1n) is 15.1. The number of methoxy groups -OCH3 is 1. The van der Waals surface area contributed by atoms with Crippen molar-refractivity contribution in [2.24, 2.45) is 4.99 Å². The number of halogens is 3. The molecular formula is C35H31Cl2FN2O8S. The fraction of sp³-hybridized carbons (Fsp3) is 0.257. The molecule has 10 nitrogen and oxygen atoms in total. The minimum absolute atomic E-state index is 0.0767. The van der Waals surface area contributed by atoms with Crippen molar-refractivity contribution >= 4 is 52.6 Å². The quantitative estimate of drug-likeness (QED) is 0.169. The van der Waals surface area contributed by atoms with Crippen molar-refractivity contribution in [3.05, 3.63) is 118 Å². The van der Waals surface area contributed by atoms with Gasteiger partial charge in [-0.25, -0.2) is 19.0 Å². The van der Waals surface area contributed by atoms with Crippen LogP contribution in [0.2, 0.25) is 10.0 Å². The first kappa shape index (κ1) is 35.7. The van der Waals surface area contributed by atoms with Gasteiger partial charge in [0.05, 0.1) is 47.2 Å². The molecule has 49 heavy (non-hydrogen) atoms. The normalized spacial score (nSPS) is 14.2. The van der Waals surface area contributed by atoms with Crippen LogP contribution in [0.4, 0.5) is 4.39 Å². The van der Waals surface area contributed by atoms with Gasteiger partial charge in [-0.05, 0) is 74.4 Å². The lowest BCUT2D eigenvalue weighted by Gasteiger charge is -2.25. The maximum Gasteiger partial charge on any atom is 0.343 e. The number of aromatic nitrogens is 1. The number of ether oxygens (including phenoxy) is 5. The van der Waals surface area contributed by atoms with Gasteiger partial charge in [0.1, 0.15) is 18.2 Å². The van der Waals surface area contributed by atoms with E-state index in [0.717, 1.165) is 11.3 Å². The molecule has 0 amide bonds. The third-order valence-corrected chi connectivity index (χ3v) is 8.78. The average Bonchev–Trinajstić information content (AvgIpc) is 3.37. The van der Waals surface area contributed by atoms with Crippen LogP contribution in [0.3, 0.4) is 0 Å². The predicted octanol–water partition coefficient (Wildman–Crippen LogP) is 5.77. The molecule has 1 aliphatic rings. The van der Waals surface area contributed by atoms with Crippen LogP contribution in [-0.2, 0) is 25.7 Å². The van der Waals surface area contributed by atoms with Gasteiger partial charge in [0, 0.05) is 10.6 Å². The van der Waals surface area contributed by atoms with Gasteiger partial charge in [-0.2, -0.15) is 0 Å². The van der Waals surface area contributed by atoms with Crippen LogP contribution in [0.15, 0.2) is 75.7 Å². The summed E-state index contributed by atoms with van der Waals surface area (Å²) in [6.07, 6.45) is 1.59. The molecule has 0 bridgehead atoms. The summed E-state index contributed by atoms with van der Waals surface area (Å²) in [4.78, 5) is 44.4. The van der Waals surface area contributed by atoms with Crippen molar-refractivity contribution < 1.29 is 37.7 Å². The lowest BCUT2D eigenvalue weighted by atomic mass is 9.95. The molecule has 0 saturated heterocycles. The van der Waals surface area contributed by atoms with Gasteiger partial charge in [0.2, 0.25) is 0 Å². The first-order valence-corrected chi connectivity index (χ1v) is 16.6. The number of benzene rings is 3. The molecule has 0 unspecified atom stereocenters. The van der Waals surface area contributed by atoms with E-state index in [1.807, 2.05) is 0 Å². The van der Waals surface area contributed by atoms with E-state index in [9.17, 15) is 18.8 Å². The zero-order valence-corrected chi connectivity index (χ0v) is 29.2. The van der Waals surface area contributed by atoms with Gasteiger partial charge in [-0.3, -0.25) is 9.36 Å². The Bertz CT molecular complexity index is 2110. The van der Waals surface area contributed by atoms with Gasteiger partial charge in [-0.1, -0.05) is 52.7 Å². The van der Waals surface area contributed by atoms with E-state index in [1.165, 1.54) is 29.9 Å². The molecule has 3 aromatic carbocycles. The fourth-order valence-electron chi connectivity index (χ4n) is 5.10. The van der Waals surface area contributed by atoms with Crippen LogP contribution >= 0.6 is 34.5 Å². The Labute approximate surface area is 294 Å². The Kier molecular flexibility index (Phi) is 11.4. The van der Waals surface area contributed by atoms with Crippen LogP contribution in [0.1, 0.15) is 43.5 Å². The van der Waals surface area contributed by atoms with Gasteiger partial charge in [0.25, 0.3) is 5.56 Å². The number of carbonyl (C=O) groups excluding carboxylic acids is 2. The third kappa shape index (κ3) is 7.98. The van der Waals surface area contributed by atoms with Gasteiger partial charge in [0.15, 0.2) is 22.9 Å². The molecule has 5 rings (SSSR count). The number of esters is 2. The molecule has 0 spiro atoms. The summed E-state index contributed by atoms with van der Waals surface area (Å²) >= 11 is 14.0. The van der Waals surface area contributed by atoms with Gasteiger partial charge in [-0.15, -0.1) is 0 Å². The number of hydrogen-bond donors (Lipinski definition) is 0. The summed E-state index contributed by atoms with van der Waals surface area (Å²) in [5, 5.41) is 0.527. The van der Waals surface area contributed by atoms with Crippen LogP contribution < -0.4 is 29.1 Å². The number of carbonyl (C=O) groups is 2. The molecule has 0 radical (unpaired) electrons. The molecular weight excluding hydrogens is 698 g/mol. The largest absolute Gasteiger partial charge is 0.490 e. The Balaban J connectivity index is 1.64. The van der Waals surface area contributed by atoms with Crippen molar-refractivity contribution in [2.75, 3.05) is 26.9 Å². The Morgan fingerprint density at radius 3 is 2.45 bits per heavy atom. The number of hydrogen-bond acceptors (Lipinski definition) is 10. The molecule has 1 aliphatic heterocycles. The summed E-state index contributed by atoms with van der Waals surface area (Å²) in [7, 11) is 1.25. The van der Waals surface area contributed by atoms with Gasteiger partial charge >= 0.3 is 11.9 Å². The van der Waals surface area contributed by atoms with Crippen molar-refractivity contribution in [2.45, 2.75) is 33.4 Å². The van der Waals surface area contributed by atoms with E-state index in [2.05, 4.69) is 9.73 Å². The van der Waals surface area contributed by atoms with Crippen LogP contribution in [0.5, 0.6) is 17.2 Å². The summed E-state index contributed by atoms with van der Waals surface area (Å²) in [6, 6.07) is 12.9. The number of nitrogens with zero attached hydrogens (tertiary/aromatic N) is 2. The topological polar surface area (TPSA) is 115 Å². The smallest absolute Gasteiger partial charge is 0.343 e. The second kappa shape index (κ2) is 15.7. The number of rotatable bonds is 12. The SMILES string of the molecule is CCOC(=O)C1=C(C)N=c2s/c(=C/c3cc(Cl)cc(Cl)c3OCc3ccc(F)cc3)c(=O)n2[C@H]1c1ccc(OCC(=O)OC)c(OCC)c1. The number of fused-ring (bicyclic) bond motifs is 1. The molecule has 1 aromatic heterocycles. The van der Waals surface area contributed by atoms with E-state index < -0.39 is 23.5 Å². The molecule has 4 aromatic rings. The molecule has 256 valence electrons. The first-order chi connectivity index (χ1) is 23.5. The number of allylic oxidation sites excluding steroid dienone is 1. The minimum atomic E-state index is -0.955. The zero-order chi connectivity index (χ0) is 35.2. The van der Waals surface area contributed by atoms with E-state index in [1.54, 1.807) is 63.2 Å². The highest BCUT2D eigenvalue weighted by atomic mass is 35.5. The molecule has 0 aliphatic carbocycles. The predicted molar refractivity (Wildman–Crippen MR) is 183 cm³/mol. The maximum atomic E-state index is 14.3. The Hall–Kier alpha value is -4.65. The summed E-state index contributed by atoms with van der Waals surface area (Å²) < 4.78 is 42.7. The van der Waals surface area contributed by atoms with Crippen molar-refractivity contribution in [1.29, 1.82) is 0 Å². The van der Waals surface area contributed by atoms with Crippen LogP contribution in [0, 0.1) is 5.82 Å². The van der Waals surface area contributed by atoms with Crippen LogP contribution in [-0.4, -0.2) is 43.4 Å². The molecule has 1 atom stereocenters. The summed E-state index contributed by atoms with van der Waals surface area (Å²) in [5.41, 5.74) is 1.72. The van der Waals surface area contributed by atoms with E-state index >= 15 is 0 Å². The van der Waals surface area contributed by atoms with E-state index in [4.69, 9.17) is 42.1 Å². The highest BCUT2D eigenvalue weighted by molar-refractivity contribution is 7.07. The maximum absolute atomic E-state index is 14.3. The second-order valence-corrected chi connectivity index (χ2v) is 12.4. The van der Waals surface area contributed by atoms with Gasteiger partial charge < -0.3 is 23.7 Å². The summed E-state index contributed by atoms with van der Waals surface area (Å²) in [6.45, 7) is 5.25. The minimum Gasteiger partial charge on any atom is -0.490 e. The Morgan fingerprint density at radius 1 is 1.00 bits per heavy atom. The van der Waals surface area contributed by atoms with E-state index in [0.29, 0.717) is 38.0 Å². The van der Waals surface area contributed by atoms with E-state index in [-0.39, 0.29) is 58.9 Å². The molecule has 2 heterocycles. The Morgan fingerprint density at radius 2 is 1.76 bits per heavy atom. The van der Waals surface area contributed by atoms with Crippen molar-refractivity contribution in [3.63, 3.8) is 0 Å². The molecule has 0 saturated carbocycles. The zero-order valence-electron chi connectivity index (χ0n) is 26.9. The number of thiazole rings is 1. The third-order valence-electron chi connectivity index (χ3n) is 7.29. The second-order valence-electron chi connectivity index (χ2n) is 10.5. The molecule has 14 heteroatoms. The van der Waals surface area contributed by atoms with Crippen LogP contribution in [0.25, 0.3) is 6.08 Å². The fourth-order valence-corrected chi connectivity index (χ4v) is 6.70. The monoisotopic (exact) mass is 728 g/mol. The van der Waals surface area contributed by atoms with Crippen molar-refractivity contribution in [3.8, 4) is 17.2 Å². The van der Waals surface area contributed by atoms with Crippen molar-refractivity contribution in [1.82, 2.24) is 4.57 Å². The lowest BCUT2D eigenvalue weighted by Crippen LogP contribution is -2.40. The molecule has 0 fully saturated rings. The summed E-state index contributed by atoms with van der Waals surface area (Å²) in [5.74, 6) is -0.754. The average molecular weight is 730 g/mol. The standard InChI is InChI=1S/C35H31Cl2FN2O8S/c1-5-45-27-14-21(9-12-26(27)47-18-29(41)44-4)31-30(34(43)46-6-2)19(3)39-35-40(31)33(42)28(49-35)15-22-13-23(36)16-25(37)32(22)48-17-20-7-10-24(38)11-8-20/h7-16,31H,5-6,17-18H2,1-4H3/b28-15+/t31-/m0/s1. The molecule has 0 N–H and O–H groups in total. The highest BCUT2D eigenvalue weighted by Crippen LogP contribution is 2.37. The lowest BCUT2D eigenvalue weighted by molar-refractivity contribution is -0.143.